The normalized spacial score (nSPS) is 18.4. The van der Waals surface area contributed by atoms with E-state index in [4.69, 9.17) is 5.73 Å². The van der Waals surface area contributed by atoms with Crippen LogP contribution in [0.15, 0.2) is 0 Å². The SMILES string of the molecule is CC.CC(=O)NC(CN1CCN(C)CC1)C(N)=O. The molecule has 0 aromatic heterocycles. The van der Waals surface area contributed by atoms with E-state index < -0.39 is 11.9 Å². The smallest absolute Gasteiger partial charge is 0.241 e. The highest BCUT2D eigenvalue weighted by molar-refractivity contribution is 5.85. The number of likely N-dealkylation sites (N-methyl/N-ethyl adjacent to an activating group) is 1. The molecule has 2 amide bonds. The Bertz CT molecular complexity index is 263. The topological polar surface area (TPSA) is 78.7 Å². The summed E-state index contributed by atoms with van der Waals surface area (Å²) >= 11 is 0. The van der Waals surface area contributed by atoms with Gasteiger partial charge < -0.3 is 16.0 Å². The Morgan fingerprint density at radius 3 is 2.11 bits per heavy atom. The van der Waals surface area contributed by atoms with Crippen molar-refractivity contribution in [2.24, 2.45) is 5.73 Å². The summed E-state index contributed by atoms with van der Waals surface area (Å²) in [7, 11) is 2.07. The van der Waals surface area contributed by atoms with Crippen LogP contribution in [0.1, 0.15) is 20.8 Å². The molecule has 1 aliphatic heterocycles. The molecule has 1 fully saturated rings. The number of hydrogen-bond acceptors (Lipinski definition) is 4. The Balaban J connectivity index is 0.00000137. The largest absolute Gasteiger partial charge is 0.368 e. The van der Waals surface area contributed by atoms with Gasteiger partial charge in [0, 0.05) is 39.6 Å². The molecule has 6 heteroatoms. The average molecular weight is 258 g/mol. The predicted octanol–water partition coefficient (Wildman–Crippen LogP) is -0.750. The van der Waals surface area contributed by atoms with Crippen LogP contribution in [0.5, 0.6) is 0 Å². The minimum atomic E-state index is -0.582. The highest BCUT2D eigenvalue weighted by Crippen LogP contribution is 2.00. The first-order valence-electron chi connectivity index (χ1n) is 6.46. The Morgan fingerprint density at radius 2 is 1.72 bits per heavy atom. The standard InChI is InChI=1S/C10H20N4O2.C2H6/c1-8(15)12-9(10(11)16)7-14-5-3-13(2)4-6-14;1-2/h9H,3-7H2,1-2H3,(H2,11,16)(H,12,15);1-2H3. The first-order chi connectivity index (χ1) is 8.49. The summed E-state index contributed by atoms with van der Waals surface area (Å²) in [5.74, 6) is -0.702. The van der Waals surface area contributed by atoms with Crippen LogP contribution in [0.2, 0.25) is 0 Å². The zero-order chi connectivity index (χ0) is 14.1. The molecule has 1 atom stereocenters. The van der Waals surface area contributed by atoms with Crippen molar-refractivity contribution in [2.45, 2.75) is 26.8 Å². The first-order valence-corrected chi connectivity index (χ1v) is 6.46. The number of primary amides is 1. The van der Waals surface area contributed by atoms with Crippen molar-refractivity contribution in [2.75, 3.05) is 39.8 Å². The third-order valence-electron chi connectivity index (χ3n) is 2.76. The van der Waals surface area contributed by atoms with Crippen molar-refractivity contribution in [3.8, 4) is 0 Å². The first kappa shape index (κ1) is 16.9. The summed E-state index contributed by atoms with van der Waals surface area (Å²) in [6.45, 7) is 9.65. The van der Waals surface area contributed by atoms with E-state index in [0.29, 0.717) is 6.54 Å². The number of nitrogens with one attached hydrogen (secondary N) is 1. The van der Waals surface area contributed by atoms with Crippen LogP contribution in [-0.2, 0) is 9.59 Å². The minimum absolute atomic E-state index is 0.224. The molecule has 0 radical (unpaired) electrons. The molecule has 1 unspecified atom stereocenters. The van der Waals surface area contributed by atoms with E-state index in [0.717, 1.165) is 26.2 Å². The molecule has 3 N–H and O–H groups in total. The van der Waals surface area contributed by atoms with Gasteiger partial charge in [0.15, 0.2) is 0 Å². The summed E-state index contributed by atoms with van der Waals surface area (Å²) in [5, 5.41) is 2.57. The van der Waals surface area contributed by atoms with Crippen LogP contribution in [0.25, 0.3) is 0 Å². The molecule has 1 rings (SSSR count). The van der Waals surface area contributed by atoms with Crippen LogP contribution in [0.3, 0.4) is 0 Å². The van der Waals surface area contributed by atoms with Gasteiger partial charge in [-0.2, -0.15) is 0 Å². The fraction of sp³-hybridized carbons (Fsp3) is 0.833. The maximum Gasteiger partial charge on any atom is 0.241 e. The number of hydrogen-bond donors (Lipinski definition) is 2. The van der Waals surface area contributed by atoms with E-state index in [1.165, 1.54) is 6.92 Å². The van der Waals surface area contributed by atoms with Crippen molar-refractivity contribution >= 4 is 11.8 Å². The fourth-order valence-corrected chi connectivity index (χ4v) is 1.74. The summed E-state index contributed by atoms with van der Waals surface area (Å²) in [4.78, 5) is 26.4. The lowest BCUT2D eigenvalue weighted by atomic mass is 10.2. The van der Waals surface area contributed by atoms with Crippen LogP contribution < -0.4 is 11.1 Å². The van der Waals surface area contributed by atoms with E-state index in [1.807, 2.05) is 13.8 Å². The Hall–Kier alpha value is -1.14. The molecule has 0 aromatic carbocycles. The van der Waals surface area contributed by atoms with Crippen LogP contribution in [0.4, 0.5) is 0 Å². The lowest BCUT2D eigenvalue weighted by molar-refractivity contribution is -0.126. The highest BCUT2D eigenvalue weighted by atomic mass is 16.2. The van der Waals surface area contributed by atoms with Crippen molar-refractivity contribution in [3.63, 3.8) is 0 Å². The maximum atomic E-state index is 11.1. The van der Waals surface area contributed by atoms with E-state index in [1.54, 1.807) is 0 Å². The number of amides is 2. The third kappa shape index (κ3) is 6.56. The summed E-state index contributed by atoms with van der Waals surface area (Å²) in [6, 6.07) is -0.582. The molecule has 18 heavy (non-hydrogen) atoms. The van der Waals surface area contributed by atoms with Gasteiger partial charge in [-0.05, 0) is 7.05 Å². The quantitative estimate of drug-likeness (QED) is 0.695. The molecule has 1 heterocycles. The lowest BCUT2D eigenvalue weighted by Gasteiger charge is -2.33. The van der Waals surface area contributed by atoms with E-state index >= 15 is 0 Å². The van der Waals surface area contributed by atoms with Gasteiger partial charge in [0.25, 0.3) is 0 Å². The Labute approximate surface area is 109 Å². The second-order valence-corrected chi connectivity index (χ2v) is 4.26. The molecule has 106 valence electrons. The van der Waals surface area contributed by atoms with Crippen molar-refractivity contribution in [1.82, 2.24) is 15.1 Å². The van der Waals surface area contributed by atoms with Gasteiger partial charge in [0.1, 0.15) is 6.04 Å². The van der Waals surface area contributed by atoms with Crippen molar-refractivity contribution in [1.29, 1.82) is 0 Å². The van der Waals surface area contributed by atoms with Gasteiger partial charge in [0.05, 0.1) is 0 Å². The van der Waals surface area contributed by atoms with Gasteiger partial charge in [-0.1, -0.05) is 13.8 Å². The molecule has 1 aliphatic rings. The molecule has 0 bridgehead atoms. The summed E-state index contributed by atoms with van der Waals surface area (Å²) in [6.07, 6.45) is 0. The van der Waals surface area contributed by atoms with Crippen molar-refractivity contribution < 1.29 is 9.59 Å². The number of nitrogens with two attached hydrogens (primary N) is 1. The van der Waals surface area contributed by atoms with Gasteiger partial charge >= 0.3 is 0 Å². The second kappa shape index (κ2) is 8.88. The molecular formula is C12H26N4O2. The fourth-order valence-electron chi connectivity index (χ4n) is 1.74. The summed E-state index contributed by atoms with van der Waals surface area (Å²) < 4.78 is 0. The van der Waals surface area contributed by atoms with Gasteiger partial charge in [-0.15, -0.1) is 0 Å². The summed E-state index contributed by atoms with van der Waals surface area (Å²) in [5.41, 5.74) is 5.24. The Morgan fingerprint density at radius 1 is 1.22 bits per heavy atom. The molecular weight excluding hydrogens is 232 g/mol. The third-order valence-corrected chi connectivity index (χ3v) is 2.76. The average Bonchev–Trinajstić information content (AvgIpc) is 2.33. The van der Waals surface area contributed by atoms with Crippen molar-refractivity contribution in [3.05, 3.63) is 0 Å². The zero-order valence-electron chi connectivity index (χ0n) is 11.9. The Kier molecular flexibility index (Phi) is 8.32. The number of carbonyl (C=O) groups is 2. The number of rotatable bonds is 4. The van der Waals surface area contributed by atoms with Crippen LogP contribution >= 0.6 is 0 Å². The van der Waals surface area contributed by atoms with E-state index in [9.17, 15) is 9.59 Å². The number of nitrogens with zero attached hydrogens (tertiary/aromatic N) is 2. The minimum Gasteiger partial charge on any atom is -0.368 e. The van der Waals surface area contributed by atoms with Gasteiger partial charge in [-0.3, -0.25) is 14.5 Å². The van der Waals surface area contributed by atoms with E-state index in [2.05, 4.69) is 22.2 Å². The number of piperazine rings is 1. The zero-order valence-corrected chi connectivity index (χ0v) is 11.9. The van der Waals surface area contributed by atoms with Gasteiger partial charge in [-0.25, -0.2) is 0 Å². The molecule has 0 aromatic rings. The molecule has 1 saturated heterocycles. The lowest BCUT2D eigenvalue weighted by Crippen LogP contribution is -2.54. The molecule has 0 aliphatic carbocycles. The van der Waals surface area contributed by atoms with Crippen LogP contribution in [-0.4, -0.2) is 67.4 Å². The highest BCUT2D eigenvalue weighted by Gasteiger charge is 2.22. The molecule has 0 spiro atoms. The van der Waals surface area contributed by atoms with Crippen LogP contribution in [0, 0.1) is 0 Å². The molecule has 0 saturated carbocycles. The molecule has 6 nitrogen and oxygen atoms in total. The number of carbonyl (C=O) groups excluding carboxylic acids is 2. The maximum absolute atomic E-state index is 11.1. The van der Waals surface area contributed by atoms with Gasteiger partial charge in [0.2, 0.25) is 11.8 Å². The van der Waals surface area contributed by atoms with E-state index in [-0.39, 0.29) is 5.91 Å². The second-order valence-electron chi connectivity index (χ2n) is 4.26. The monoisotopic (exact) mass is 258 g/mol. The predicted molar refractivity (Wildman–Crippen MR) is 72.1 cm³/mol.